The van der Waals surface area contributed by atoms with Gasteiger partial charge in [-0.1, -0.05) is 18.2 Å². The number of phosphoric acid groups is 1. The average Bonchev–Trinajstić information content (AvgIpc) is 2.15. The van der Waals surface area contributed by atoms with Crippen LogP contribution in [-0.2, 0) is 14.8 Å². The molecule has 0 atom stereocenters. The van der Waals surface area contributed by atoms with E-state index < -0.39 is 13.2 Å². The average molecular weight is 258 g/mol. The molecule has 0 saturated carbocycles. The van der Waals surface area contributed by atoms with Crippen LogP contribution in [-0.4, -0.2) is 15.6 Å². The molecule has 0 saturated heterocycles. The largest absolute Gasteiger partial charge is 0.524 e. The monoisotopic (exact) mass is 258 g/mol. The Balaban J connectivity index is 3.26. The van der Waals surface area contributed by atoms with Gasteiger partial charge in [-0.05, 0) is 26.8 Å². The third-order valence-corrected chi connectivity index (χ3v) is 3.09. The maximum atomic E-state index is 11.5. The van der Waals surface area contributed by atoms with E-state index in [9.17, 15) is 9.36 Å². The van der Waals surface area contributed by atoms with Crippen molar-refractivity contribution in [3.63, 3.8) is 0 Å². The second kappa shape index (κ2) is 4.61. The Bertz CT molecular complexity index is 475. The minimum absolute atomic E-state index is 0.0287. The van der Waals surface area contributed by atoms with Gasteiger partial charge in [0.2, 0.25) is 0 Å². The van der Waals surface area contributed by atoms with E-state index in [4.69, 9.17) is 9.79 Å². The first-order chi connectivity index (χ1) is 7.64. The van der Waals surface area contributed by atoms with Crippen LogP contribution in [0.4, 0.5) is 0 Å². The second-order valence-corrected chi connectivity index (χ2v) is 5.42. The normalized spacial score (nSPS) is 12.3. The fourth-order valence-electron chi connectivity index (χ4n) is 1.38. The molecule has 1 rings (SSSR count). The molecule has 2 N–H and O–H groups in total. The number of benzene rings is 1. The highest BCUT2D eigenvalue weighted by Gasteiger charge is 2.31. The zero-order valence-electron chi connectivity index (χ0n) is 9.88. The number of Topliss-reactive ketones (excluding diaryl/α,β-unsaturated/α-hetero) is 1. The Morgan fingerprint density at radius 3 is 2.29 bits per heavy atom. The van der Waals surface area contributed by atoms with Gasteiger partial charge in [0.15, 0.2) is 0 Å². The van der Waals surface area contributed by atoms with Crippen molar-refractivity contribution in [3.8, 4) is 5.75 Å². The minimum Gasteiger partial charge on any atom is -0.404 e. The molecular formula is C11H15O5P. The first-order valence-electron chi connectivity index (χ1n) is 5.00. The highest BCUT2D eigenvalue weighted by atomic mass is 31.2. The molecule has 94 valence electrons. The molecule has 0 aromatic heterocycles. The van der Waals surface area contributed by atoms with Gasteiger partial charge in [0.1, 0.15) is 11.5 Å². The molecule has 0 aliphatic rings. The maximum Gasteiger partial charge on any atom is 0.524 e. The summed E-state index contributed by atoms with van der Waals surface area (Å²) < 4.78 is 15.4. The Morgan fingerprint density at radius 2 is 1.82 bits per heavy atom. The fourth-order valence-corrected chi connectivity index (χ4v) is 1.80. The van der Waals surface area contributed by atoms with Gasteiger partial charge in [-0.3, -0.25) is 14.6 Å². The number of para-hydroxylation sites is 1. The van der Waals surface area contributed by atoms with Crippen LogP contribution >= 0.6 is 7.82 Å². The number of carbonyl (C=O) groups excluding carboxylic acids is 1. The summed E-state index contributed by atoms with van der Waals surface area (Å²) in [7, 11) is -4.63. The molecule has 1 aromatic carbocycles. The molecule has 0 bridgehead atoms. The summed E-state index contributed by atoms with van der Waals surface area (Å²) in [5.74, 6) is -0.0831. The van der Waals surface area contributed by atoms with E-state index in [0.29, 0.717) is 5.56 Å². The van der Waals surface area contributed by atoms with Crippen molar-refractivity contribution >= 4 is 13.6 Å². The molecule has 0 heterocycles. The van der Waals surface area contributed by atoms with Gasteiger partial charge < -0.3 is 4.52 Å². The number of carbonyl (C=O) groups is 1. The van der Waals surface area contributed by atoms with E-state index in [1.165, 1.54) is 13.0 Å². The summed E-state index contributed by atoms with van der Waals surface area (Å²) in [5.41, 5.74) is -0.401. The molecule has 0 unspecified atom stereocenters. The topological polar surface area (TPSA) is 83.8 Å². The lowest BCUT2D eigenvalue weighted by atomic mass is 9.81. The van der Waals surface area contributed by atoms with E-state index in [2.05, 4.69) is 4.52 Å². The molecule has 0 aliphatic heterocycles. The standard InChI is InChI=1S/C11H15O5P/c1-8(12)11(2,3)9-6-4-5-7-10(9)16-17(13,14)15/h4-7H,1-3H3,(H2,13,14,15). The number of phosphoric ester groups is 1. The molecule has 1 aromatic rings. The highest BCUT2D eigenvalue weighted by molar-refractivity contribution is 7.46. The maximum absolute atomic E-state index is 11.5. The first-order valence-corrected chi connectivity index (χ1v) is 6.53. The SMILES string of the molecule is CC(=O)C(C)(C)c1ccccc1OP(=O)(O)O. The van der Waals surface area contributed by atoms with Crippen LogP contribution in [0.2, 0.25) is 0 Å². The van der Waals surface area contributed by atoms with Gasteiger partial charge in [0.25, 0.3) is 0 Å². The molecule has 17 heavy (non-hydrogen) atoms. The Hall–Kier alpha value is -1.16. The zero-order valence-corrected chi connectivity index (χ0v) is 10.8. The number of hydrogen-bond acceptors (Lipinski definition) is 3. The number of ketones is 1. The Labute approximate surface area is 99.7 Å². The van der Waals surface area contributed by atoms with E-state index in [1.54, 1.807) is 32.0 Å². The molecule has 6 heteroatoms. The highest BCUT2D eigenvalue weighted by Crippen LogP contribution is 2.42. The molecule has 0 aliphatic carbocycles. The lowest BCUT2D eigenvalue weighted by molar-refractivity contribution is -0.121. The van der Waals surface area contributed by atoms with E-state index in [-0.39, 0.29) is 11.5 Å². The summed E-state index contributed by atoms with van der Waals surface area (Å²) in [6, 6.07) is 6.32. The summed E-state index contributed by atoms with van der Waals surface area (Å²) in [4.78, 5) is 29.1. The summed E-state index contributed by atoms with van der Waals surface area (Å²) in [5, 5.41) is 0. The van der Waals surface area contributed by atoms with Crippen molar-refractivity contribution in [2.45, 2.75) is 26.2 Å². The van der Waals surface area contributed by atoms with Gasteiger partial charge in [-0.25, -0.2) is 4.57 Å². The lowest BCUT2D eigenvalue weighted by Crippen LogP contribution is -2.27. The third-order valence-electron chi connectivity index (χ3n) is 2.66. The van der Waals surface area contributed by atoms with Crippen LogP contribution in [0, 0.1) is 0 Å². The second-order valence-electron chi connectivity index (χ2n) is 4.26. The lowest BCUT2D eigenvalue weighted by Gasteiger charge is -2.24. The number of hydrogen-bond donors (Lipinski definition) is 2. The van der Waals surface area contributed by atoms with Crippen LogP contribution in [0.1, 0.15) is 26.3 Å². The van der Waals surface area contributed by atoms with Crippen LogP contribution in [0.3, 0.4) is 0 Å². The molecule has 0 fully saturated rings. The molecule has 0 radical (unpaired) electrons. The van der Waals surface area contributed by atoms with Crippen molar-refractivity contribution in [1.82, 2.24) is 0 Å². The minimum atomic E-state index is -4.63. The van der Waals surface area contributed by atoms with Crippen molar-refractivity contribution in [2.24, 2.45) is 0 Å². The smallest absolute Gasteiger partial charge is 0.404 e. The van der Waals surface area contributed by atoms with Crippen molar-refractivity contribution in [3.05, 3.63) is 29.8 Å². The summed E-state index contributed by atoms with van der Waals surface area (Å²) >= 11 is 0. The molecule has 5 nitrogen and oxygen atoms in total. The predicted molar refractivity (Wildman–Crippen MR) is 62.8 cm³/mol. The molecule has 0 spiro atoms. The Kier molecular flexibility index (Phi) is 3.77. The van der Waals surface area contributed by atoms with Crippen molar-refractivity contribution < 1.29 is 23.7 Å². The van der Waals surface area contributed by atoms with E-state index in [0.717, 1.165) is 0 Å². The van der Waals surface area contributed by atoms with Crippen molar-refractivity contribution in [1.29, 1.82) is 0 Å². The Morgan fingerprint density at radius 1 is 1.29 bits per heavy atom. The van der Waals surface area contributed by atoms with Crippen LogP contribution in [0.15, 0.2) is 24.3 Å². The predicted octanol–water partition coefficient (Wildman–Crippen LogP) is 2.02. The molecule has 0 amide bonds. The summed E-state index contributed by atoms with van der Waals surface area (Å²) in [6.45, 7) is 4.78. The van der Waals surface area contributed by atoms with Gasteiger partial charge >= 0.3 is 7.82 Å². The van der Waals surface area contributed by atoms with Crippen molar-refractivity contribution in [2.75, 3.05) is 0 Å². The first kappa shape index (κ1) is 13.9. The van der Waals surface area contributed by atoms with Crippen LogP contribution in [0.5, 0.6) is 5.75 Å². The summed E-state index contributed by atoms with van der Waals surface area (Å²) in [6.07, 6.45) is 0. The van der Waals surface area contributed by atoms with Gasteiger partial charge in [-0.15, -0.1) is 0 Å². The van der Waals surface area contributed by atoms with Gasteiger partial charge in [-0.2, -0.15) is 0 Å². The third kappa shape index (κ3) is 3.40. The zero-order chi connectivity index (χ0) is 13.3. The fraction of sp³-hybridized carbons (Fsp3) is 0.364. The van der Waals surface area contributed by atoms with E-state index >= 15 is 0 Å². The quantitative estimate of drug-likeness (QED) is 0.807. The van der Waals surface area contributed by atoms with E-state index in [1.807, 2.05) is 0 Å². The van der Waals surface area contributed by atoms with Gasteiger partial charge in [0, 0.05) is 5.56 Å². The number of rotatable bonds is 4. The molecular weight excluding hydrogens is 243 g/mol. The van der Waals surface area contributed by atoms with Crippen LogP contribution in [0.25, 0.3) is 0 Å². The van der Waals surface area contributed by atoms with Crippen LogP contribution < -0.4 is 4.52 Å². The van der Waals surface area contributed by atoms with Gasteiger partial charge in [0.05, 0.1) is 5.41 Å².